The zero-order valence-electron chi connectivity index (χ0n) is 8.70. The maximum Gasteiger partial charge on any atom is 0.186 e. The molecule has 0 aliphatic heterocycles. The lowest BCUT2D eigenvalue weighted by atomic mass is 10.2. The molecule has 2 N–H and O–H groups in total. The van der Waals surface area contributed by atoms with Crippen molar-refractivity contribution in [3.05, 3.63) is 23.5 Å². The molecule has 0 aromatic carbocycles. The van der Waals surface area contributed by atoms with E-state index in [4.69, 9.17) is 5.73 Å². The first-order valence-electron chi connectivity index (χ1n) is 4.44. The van der Waals surface area contributed by atoms with E-state index < -0.39 is 0 Å². The fourth-order valence-electron chi connectivity index (χ4n) is 0.894. The number of anilines is 1. The van der Waals surface area contributed by atoms with Crippen molar-refractivity contribution >= 4 is 22.6 Å². The molecule has 0 atom stereocenters. The van der Waals surface area contributed by atoms with E-state index in [1.54, 1.807) is 12.3 Å². The molecule has 1 heterocycles. The topological polar surface area (TPSA) is 56.0 Å². The Labute approximate surface area is 93.5 Å². The highest BCUT2D eigenvalue weighted by Crippen LogP contribution is 2.08. The van der Waals surface area contributed by atoms with Crippen LogP contribution in [0.25, 0.3) is 0 Å². The molecular weight excluding hydrogens is 208 g/mol. The van der Waals surface area contributed by atoms with Crippen molar-refractivity contribution in [2.75, 3.05) is 11.5 Å². The monoisotopic (exact) mass is 220 g/mol. The second kappa shape index (κ2) is 5.42. The van der Waals surface area contributed by atoms with Crippen molar-refractivity contribution < 1.29 is 4.79 Å². The lowest BCUT2D eigenvalue weighted by Crippen LogP contribution is -1.93. The van der Waals surface area contributed by atoms with E-state index in [0.717, 1.165) is 11.3 Å². The van der Waals surface area contributed by atoms with Gasteiger partial charge in [0.25, 0.3) is 0 Å². The minimum atomic E-state index is 0.0749. The highest BCUT2D eigenvalue weighted by Gasteiger charge is 1.94. The molecule has 1 rings (SSSR count). The van der Waals surface area contributed by atoms with Gasteiger partial charge in [-0.2, -0.15) is 0 Å². The summed E-state index contributed by atoms with van der Waals surface area (Å²) in [7, 11) is 0. The maximum atomic E-state index is 10.6. The number of hydrogen-bond acceptors (Lipinski definition) is 4. The van der Waals surface area contributed by atoms with Crippen LogP contribution in [0.3, 0.4) is 0 Å². The van der Waals surface area contributed by atoms with Crippen LogP contribution in [0.5, 0.6) is 0 Å². The van der Waals surface area contributed by atoms with Gasteiger partial charge in [-0.25, -0.2) is 0 Å². The van der Waals surface area contributed by atoms with Gasteiger partial charge in [0, 0.05) is 18.7 Å². The number of rotatable bonds is 1. The summed E-state index contributed by atoms with van der Waals surface area (Å²) in [6.45, 7) is 3.37. The molecule has 0 radical (unpaired) electrons. The summed E-state index contributed by atoms with van der Waals surface area (Å²) in [5.74, 6) is 6.28. The highest BCUT2D eigenvalue weighted by molar-refractivity contribution is 8.13. The molecule has 3 nitrogen and oxygen atoms in total. The number of pyridine rings is 1. The van der Waals surface area contributed by atoms with E-state index in [9.17, 15) is 4.79 Å². The Kier molecular flexibility index (Phi) is 4.19. The van der Waals surface area contributed by atoms with Gasteiger partial charge in [-0.15, -0.1) is 0 Å². The summed E-state index contributed by atoms with van der Waals surface area (Å²) in [6, 6.07) is 1.79. The predicted octanol–water partition coefficient (Wildman–Crippen LogP) is 1.60. The Hall–Kier alpha value is -1.47. The average Bonchev–Trinajstić information content (AvgIpc) is 2.18. The summed E-state index contributed by atoms with van der Waals surface area (Å²) in [6.07, 6.45) is 1.68. The molecule has 1 aromatic rings. The lowest BCUT2D eigenvalue weighted by molar-refractivity contribution is -0.109. The predicted molar refractivity (Wildman–Crippen MR) is 63.4 cm³/mol. The van der Waals surface area contributed by atoms with Gasteiger partial charge in [0.05, 0.1) is 17.1 Å². The quantitative estimate of drug-likeness (QED) is 0.730. The smallest absolute Gasteiger partial charge is 0.186 e. The van der Waals surface area contributed by atoms with Crippen molar-refractivity contribution in [2.45, 2.75) is 13.8 Å². The van der Waals surface area contributed by atoms with Crippen molar-refractivity contribution in [2.24, 2.45) is 0 Å². The van der Waals surface area contributed by atoms with Gasteiger partial charge < -0.3 is 5.73 Å². The highest BCUT2D eigenvalue weighted by atomic mass is 32.2. The first-order chi connectivity index (χ1) is 7.09. The van der Waals surface area contributed by atoms with Gasteiger partial charge in [0.1, 0.15) is 0 Å². The van der Waals surface area contributed by atoms with E-state index in [1.165, 1.54) is 18.7 Å². The Morgan fingerprint density at radius 1 is 1.67 bits per heavy atom. The molecule has 4 heteroatoms. The van der Waals surface area contributed by atoms with Gasteiger partial charge in [0.15, 0.2) is 5.12 Å². The second-order valence-electron chi connectivity index (χ2n) is 2.98. The minimum absolute atomic E-state index is 0.0749. The molecule has 0 spiro atoms. The summed E-state index contributed by atoms with van der Waals surface area (Å²) >= 11 is 1.19. The third-order valence-electron chi connectivity index (χ3n) is 1.71. The average molecular weight is 220 g/mol. The number of carbonyl (C=O) groups is 1. The molecule has 0 fully saturated rings. The van der Waals surface area contributed by atoms with Crippen LogP contribution in [-0.2, 0) is 4.79 Å². The molecular formula is C11H12N2OS. The Morgan fingerprint density at radius 3 is 3.00 bits per heavy atom. The van der Waals surface area contributed by atoms with E-state index in [-0.39, 0.29) is 5.12 Å². The van der Waals surface area contributed by atoms with E-state index in [1.807, 2.05) is 6.92 Å². The number of nitrogens with two attached hydrogens (primary N) is 1. The molecule has 15 heavy (non-hydrogen) atoms. The van der Waals surface area contributed by atoms with Crippen molar-refractivity contribution in [3.63, 3.8) is 0 Å². The van der Waals surface area contributed by atoms with Gasteiger partial charge in [-0.3, -0.25) is 9.78 Å². The van der Waals surface area contributed by atoms with Crippen molar-refractivity contribution in [1.29, 1.82) is 0 Å². The molecule has 0 saturated carbocycles. The number of nitrogen functional groups attached to an aromatic ring is 1. The molecule has 0 aliphatic rings. The molecule has 78 valence electrons. The van der Waals surface area contributed by atoms with Crippen LogP contribution in [0.4, 0.5) is 5.69 Å². The van der Waals surface area contributed by atoms with Gasteiger partial charge in [0.2, 0.25) is 0 Å². The van der Waals surface area contributed by atoms with E-state index in [2.05, 4.69) is 16.8 Å². The van der Waals surface area contributed by atoms with Crippen LogP contribution in [-0.4, -0.2) is 15.9 Å². The van der Waals surface area contributed by atoms with Gasteiger partial charge in [-0.1, -0.05) is 23.6 Å². The standard InChI is InChI=1S/C11H12N2OS/c1-8-11(12)6-10(7-13-8)4-3-5-15-9(2)14/h6-7H,5,12H2,1-2H3. The Balaban J connectivity index is 2.64. The third kappa shape index (κ3) is 4.05. The molecule has 1 aromatic heterocycles. The number of carbonyl (C=O) groups excluding carboxylic acids is 1. The SMILES string of the molecule is CC(=O)SCC#Cc1cnc(C)c(N)c1. The fourth-order valence-corrected chi connectivity index (χ4v) is 1.24. The Morgan fingerprint density at radius 2 is 2.40 bits per heavy atom. The zero-order chi connectivity index (χ0) is 11.3. The first-order valence-corrected chi connectivity index (χ1v) is 5.42. The fraction of sp³-hybridized carbons (Fsp3) is 0.273. The summed E-state index contributed by atoms with van der Waals surface area (Å²) in [4.78, 5) is 14.7. The molecule has 0 aliphatic carbocycles. The number of aromatic nitrogens is 1. The number of aryl methyl sites for hydroxylation is 1. The van der Waals surface area contributed by atoms with Crippen LogP contribution in [0.15, 0.2) is 12.3 Å². The first kappa shape index (κ1) is 11.6. The number of nitrogens with zero attached hydrogens (tertiary/aromatic N) is 1. The molecule has 0 unspecified atom stereocenters. The maximum absolute atomic E-state index is 10.6. The van der Waals surface area contributed by atoms with Crippen LogP contribution in [0, 0.1) is 18.8 Å². The minimum Gasteiger partial charge on any atom is -0.397 e. The van der Waals surface area contributed by atoms with E-state index in [0.29, 0.717) is 11.4 Å². The molecule has 0 bridgehead atoms. The van der Waals surface area contributed by atoms with Crippen LogP contribution < -0.4 is 5.73 Å². The molecule has 0 amide bonds. The summed E-state index contributed by atoms with van der Waals surface area (Å²) in [5.41, 5.74) is 7.91. The normalized spacial score (nSPS) is 9.20. The second-order valence-corrected chi connectivity index (χ2v) is 4.13. The van der Waals surface area contributed by atoms with Gasteiger partial charge >= 0.3 is 0 Å². The number of thioether (sulfide) groups is 1. The zero-order valence-corrected chi connectivity index (χ0v) is 9.52. The largest absolute Gasteiger partial charge is 0.397 e. The summed E-state index contributed by atoms with van der Waals surface area (Å²) < 4.78 is 0. The van der Waals surface area contributed by atoms with Gasteiger partial charge in [-0.05, 0) is 13.0 Å². The lowest BCUT2D eigenvalue weighted by Gasteiger charge is -1.97. The van der Waals surface area contributed by atoms with E-state index >= 15 is 0 Å². The summed E-state index contributed by atoms with van der Waals surface area (Å²) in [5, 5.41) is 0.0749. The third-order valence-corrected chi connectivity index (χ3v) is 2.40. The van der Waals surface area contributed by atoms with Crippen LogP contribution in [0.1, 0.15) is 18.2 Å². The number of hydrogen-bond donors (Lipinski definition) is 1. The van der Waals surface area contributed by atoms with Crippen molar-refractivity contribution in [3.8, 4) is 11.8 Å². The Bertz CT molecular complexity index is 432. The molecule has 0 saturated heterocycles. The van der Waals surface area contributed by atoms with Crippen LogP contribution in [0.2, 0.25) is 0 Å². The van der Waals surface area contributed by atoms with Crippen LogP contribution >= 0.6 is 11.8 Å². The van der Waals surface area contributed by atoms with Crippen molar-refractivity contribution in [1.82, 2.24) is 4.98 Å².